The molecule has 140 valence electrons. The van der Waals surface area contributed by atoms with Gasteiger partial charge in [-0.3, -0.25) is 10.1 Å². The molecule has 5 nitrogen and oxygen atoms in total. The number of anilines is 1. The number of benzene rings is 2. The molecule has 0 spiro atoms. The topological polar surface area (TPSA) is 64.1 Å². The van der Waals surface area contributed by atoms with Crippen molar-refractivity contribution in [1.29, 1.82) is 0 Å². The van der Waals surface area contributed by atoms with Crippen molar-refractivity contribution in [1.82, 2.24) is 10.2 Å². The summed E-state index contributed by atoms with van der Waals surface area (Å²) in [6, 6.07) is 12.8. The fourth-order valence-electron chi connectivity index (χ4n) is 2.10. The molecule has 1 heterocycles. The molecular weight excluding hydrogens is 392 g/mol. The quantitative estimate of drug-likeness (QED) is 0.446. The molecule has 0 unspecified atom stereocenters. The minimum Gasteiger partial charge on any atom is -0.367 e. The first-order valence-electron chi connectivity index (χ1n) is 7.92. The van der Waals surface area contributed by atoms with Gasteiger partial charge in [0.15, 0.2) is 4.34 Å². The first-order chi connectivity index (χ1) is 13.1. The molecule has 1 N–H and O–H groups in total. The lowest BCUT2D eigenvalue weighted by atomic mass is 10.2. The molecule has 0 saturated carbocycles. The average Bonchev–Trinajstić information content (AvgIpc) is 3.10. The van der Waals surface area contributed by atoms with Crippen molar-refractivity contribution >= 4 is 34.1 Å². The second-order valence-electron chi connectivity index (χ2n) is 5.42. The number of ether oxygens (including phenoxy) is 1. The Kier molecular flexibility index (Phi) is 6.86. The second-order valence-corrected chi connectivity index (χ2v) is 7.62. The van der Waals surface area contributed by atoms with Crippen molar-refractivity contribution in [3.8, 4) is 0 Å². The molecule has 0 aliphatic rings. The van der Waals surface area contributed by atoms with Gasteiger partial charge in [0.2, 0.25) is 5.13 Å². The summed E-state index contributed by atoms with van der Waals surface area (Å²) < 4.78 is 32.7. The van der Waals surface area contributed by atoms with Crippen LogP contribution in [0.1, 0.15) is 11.1 Å². The van der Waals surface area contributed by atoms with Crippen LogP contribution in [0, 0.1) is 11.6 Å². The van der Waals surface area contributed by atoms with Crippen LogP contribution in [0.3, 0.4) is 0 Å². The lowest BCUT2D eigenvalue weighted by molar-refractivity contribution is -0.121. The molecule has 0 radical (unpaired) electrons. The zero-order valence-corrected chi connectivity index (χ0v) is 15.7. The number of hydrogen-bond donors (Lipinski definition) is 1. The lowest BCUT2D eigenvalue weighted by Crippen LogP contribution is -2.18. The summed E-state index contributed by atoms with van der Waals surface area (Å²) in [5.74, 6) is -1.09. The number of nitrogens with one attached hydrogen (secondary N) is 1. The van der Waals surface area contributed by atoms with Gasteiger partial charge in [-0.25, -0.2) is 8.78 Å². The van der Waals surface area contributed by atoms with Crippen LogP contribution in [-0.2, 0) is 21.9 Å². The van der Waals surface area contributed by atoms with Crippen LogP contribution in [0.5, 0.6) is 0 Å². The van der Waals surface area contributed by atoms with Gasteiger partial charge in [-0.15, -0.1) is 10.2 Å². The summed E-state index contributed by atoms with van der Waals surface area (Å²) in [6.07, 6.45) is 0. The van der Waals surface area contributed by atoms with Crippen molar-refractivity contribution in [3.63, 3.8) is 0 Å². The highest BCUT2D eigenvalue weighted by molar-refractivity contribution is 8.00. The molecule has 9 heteroatoms. The normalized spacial score (nSPS) is 10.7. The fraction of sp³-hybridized carbons (Fsp3) is 0.167. The Morgan fingerprint density at radius 3 is 2.78 bits per heavy atom. The van der Waals surface area contributed by atoms with E-state index in [-0.39, 0.29) is 23.8 Å². The van der Waals surface area contributed by atoms with Gasteiger partial charge in [0.25, 0.3) is 5.91 Å². The van der Waals surface area contributed by atoms with E-state index in [9.17, 15) is 13.6 Å². The molecule has 27 heavy (non-hydrogen) atoms. The summed E-state index contributed by atoms with van der Waals surface area (Å²) in [4.78, 5) is 11.9. The van der Waals surface area contributed by atoms with E-state index < -0.39 is 11.6 Å². The summed E-state index contributed by atoms with van der Waals surface area (Å²) in [6.45, 7) is 0.232. The standard InChI is InChI=1S/C18H15F2N3O2S2/c19-14-6-7-15(20)13(8-14)11-26-18-23-22-17(27-18)21-16(24)10-25-9-12-4-2-1-3-5-12/h1-8H,9-11H2,(H,21,22,24). The minimum atomic E-state index is -0.493. The molecule has 3 rings (SSSR count). The van der Waals surface area contributed by atoms with Crippen molar-refractivity contribution in [3.05, 3.63) is 71.3 Å². The molecule has 0 aliphatic carbocycles. The third kappa shape index (κ3) is 6.09. The van der Waals surface area contributed by atoms with E-state index in [0.29, 0.717) is 16.1 Å². The van der Waals surface area contributed by atoms with E-state index in [1.165, 1.54) is 11.8 Å². The summed E-state index contributed by atoms with van der Waals surface area (Å²) in [5, 5.41) is 10.7. The average molecular weight is 407 g/mol. The van der Waals surface area contributed by atoms with Gasteiger partial charge < -0.3 is 4.74 Å². The van der Waals surface area contributed by atoms with Gasteiger partial charge in [0, 0.05) is 11.3 Å². The third-order valence-corrected chi connectivity index (χ3v) is 5.38. The summed E-state index contributed by atoms with van der Waals surface area (Å²) >= 11 is 2.37. The number of carbonyl (C=O) groups is 1. The van der Waals surface area contributed by atoms with Gasteiger partial charge in [0.1, 0.15) is 18.2 Å². The van der Waals surface area contributed by atoms with Gasteiger partial charge in [-0.1, -0.05) is 53.4 Å². The fourth-order valence-corrected chi connectivity index (χ4v) is 3.84. The van der Waals surface area contributed by atoms with E-state index in [1.807, 2.05) is 30.3 Å². The van der Waals surface area contributed by atoms with Gasteiger partial charge in [-0.2, -0.15) is 0 Å². The Bertz CT molecular complexity index is 907. The van der Waals surface area contributed by atoms with Crippen molar-refractivity contribution in [2.24, 2.45) is 0 Å². The highest BCUT2D eigenvalue weighted by atomic mass is 32.2. The minimum absolute atomic E-state index is 0.106. The monoisotopic (exact) mass is 407 g/mol. The summed E-state index contributed by atoms with van der Waals surface area (Å²) in [5.41, 5.74) is 1.22. The Labute approximate surface area is 162 Å². The number of halogens is 2. The lowest BCUT2D eigenvalue weighted by Gasteiger charge is -2.03. The predicted octanol–water partition coefficient (Wildman–Crippen LogP) is 4.26. The SMILES string of the molecule is O=C(COCc1ccccc1)Nc1nnc(SCc2cc(F)ccc2F)s1. The van der Waals surface area contributed by atoms with Crippen LogP contribution in [-0.4, -0.2) is 22.7 Å². The smallest absolute Gasteiger partial charge is 0.252 e. The molecule has 0 saturated heterocycles. The molecule has 1 aromatic heterocycles. The van der Waals surface area contributed by atoms with Crippen LogP contribution < -0.4 is 5.32 Å². The highest BCUT2D eigenvalue weighted by Crippen LogP contribution is 2.29. The van der Waals surface area contributed by atoms with E-state index in [0.717, 1.165) is 35.1 Å². The number of rotatable bonds is 8. The van der Waals surface area contributed by atoms with Crippen LogP contribution >= 0.6 is 23.1 Å². The van der Waals surface area contributed by atoms with Gasteiger partial charge >= 0.3 is 0 Å². The van der Waals surface area contributed by atoms with Crippen LogP contribution in [0.25, 0.3) is 0 Å². The van der Waals surface area contributed by atoms with Crippen LogP contribution in [0.15, 0.2) is 52.9 Å². The first kappa shape index (κ1) is 19.4. The molecule has 1 amide bonds. The summed E-state index contributed by atoms with van der Waals surface area (Å²) in [7, 11) is 0. The first-order valence-corrected chi connectivity index (χ1v) is 9.72. The number of carbonyl (C=O) groups excluding carboxylic acids is 1. The molecule has 2 aromatic carbocycles. The van der Waals surface area contributed by atoms with E-state index in [1.54, 1.807) is 0 Å². The van der Waals surface area contributed by atoms with E-state index in [2.05, 4.69) is 15.5 Å². The van der Waals surface area contributed by atoms with Gasteiger partial charge in [-0.05, 0) is 23.8 Å². The largest absolute Gasteiger partial charge is 0.367 e. The molecule has 0 fully saturated rings. The van der Waals surface area contributed by atoms with Crippen molar-refractivity contribution < 1.29 is 18.3 Å². The second kappa shape index (κ2) is 9.54. The van der Waals surface area contributed by atoms with E-state index in [4.69, 9.17) is 4.74 Å². The molecule has 0 aliphatic heterocycles. The van der Waals surface area contributed by atoms with Gasteiger partial charge in [0.05, 0.1) is 6.61 Å². The number of amides is 1. The Morgan fingerprint density at radius 1 is 1.15 bits per heavy atom. The Morgan fingerprint density at radius 2 is 1.96 bits per heavy atom. The predicted molar refractivity (Wildman–Crippen MR) is 101 cm³/mol. The maximum Gasteiger partial charge on any atom is 0.252 e. The molecular formula is C18H15F2N3O2S2. The van der Waals surface area contributed by atoms with Crippen LogP contribution in [0.2, 0.25) is 0 Å². The van der Waals surface area contributed by atoms with Crippen molar-refractivity contribution in [2.75, 3.05) is 11.9 Å². The molecule has 0 bridgehead atoms. The number of aromatic nitrogens is 2. The Hall–Kier alpha value is -2.36. The van der Waals surface area contributed by atoms with E-state index >= 15 is 0 Å². The molecule has 3 aromatic rings. The zero-order chi connectivity index (χ0) is 19.1. The number of nitrogens with zero attached hydrogens (tertiary/aromatic N) is 2. The third-order valence-electron chi connectivity index (χ3n) is 3.36. The number of thioether (sulfide) groups is 1. The molecule has 0 atom stereocenters. The Balaban J connectivity index is 1.44. The van der Waals surface area contributed by atoms with Crippen LogP contribution in [0.4, 0.5) is 13.9 Å². The number of hydrogen-bond acceptors (Lipinski definition) is 6. The zero-order valence-electron chi connectivity index (χ0n) is 14.0. The van der Waals surface area contributed by atoms with Crippen molar-refractivity contribution in [2.45, 2.75) is 16.7 Å². The maximum atomic E-state index is 13.6. The highest BCUT2D eigenvalue weighted by Gasteiger charge is 2.11. The maximum absolute atomic E-state index is 13.6.